The molecule has 128 valence electrons. The number of nitrogens with zero attached hydrogens (tertiary/aromatic N) is 2. The van der Waals surface area contributed by atoms with Crippen LogP contribution in [0.4, 0.5) is 5.69 Å². The van der Waals surface area contributed by atoms with Gasteiger partial charge in [-0.25, -0.2) is 8.42 Å². The lowest BCUT2D eigenvalue weighted by Crippen LogP contribution is -2.33. The van der Waals surface area contributed by atoms with Gasteiger partial charge in [0, 0.05) is 31.7 Å². The molecule has 1 aliphatic heterocycles. The number of fused-ring (bicyclic) bond motifs is 1. The van der Waals surface area contributed by atoms with Crippen molar-refractivity contribution < 1.29 is 13.2 Å². The van der Waals surface area contributed by atoms with Gasteiger partial charge in [0.05, 0.1) is 4.90 Å². The minimum atomic E-state index is -3.47. The maximum atomic E-state index is 12.9. The maximum Gasteiger partial charge on any atom is 0.243 e. The summed E-state index contributed by atoms with van der Waals surface area (Å²) in [5, 5.41) is 0. The minimum Gasteiger partial charge on any atom is -0.309 e. The van der Waals surface area contributed by atoms with Gasteiger partial charge in [-0.2, -0.15) is 4.31 Å². The molecule has 1 heterocycles. The van der Waals surface area contributed by atoms with E-state index in [0.717, 1.165) is 24.1 Å². The van der Waals surface area contributed by atoms with Crippen molar-refractivity contribution in [3.63, 3.8) is 0 Å². The van der Waals surface area contributed by atoms with E-state index in [4.69, 9.17) is 0 Å². The summed E-state index contributed by atoms with van der Waals surface area (Å²) in [5.41, 5.74) is 1.77. The summed E-state index contributed by atoms with van der Waals surface area (Å²) in [6.07, 6.45) is 2.28. The average molecular weight is 338 g/mol. The van der Waals surface area contributed by atoms with E-state index in [9.17, 15) is 13.2 Å². The first-order valence-electron chi connectivity index (χ1n) is 8.25. The van der Waals surface area contributed by atoms with Crippen molar-refractivity contribution in [1.82, 2.24) is 4.31 Å². The smallest absolute Gasteiger partial charge is 0.243 e. The fourth-order valence-corrected chi connectivity index (χ4v) is 4.92. The third-order valence-electron chi connectivity index (χ3n) is 4.19. The van der Waals surface area contributed by atoms with Gasteiger partial charge in [0.15, 0.2) is 0 Å². The van der Waals surface area contributed by atoms with Crippen molar-refractivity contribution in [3.8, 4) is 0 Å². The topological polar surface area (TPSA) is 57.7 Å². The standard InChI is InChI=1S/C17H26N2O3S/c1-5-9-18(10-6-2)23(21,22)16-7-8-17-15(12-16)11-13(3)19(17)14(4)20/h7-8,12-13H,5-6,9-11H2,1-4H3. The Kier molecular flexibility index (Phi) is 5.47. The molecule has 0 spiro atoms. The monoisotopic (exact) mass is 338 g/mol. The molecule has 0 bridgehead atoms. The van der Waals surface area contributed by atoms with Gasteiger partial charge in [-0.1, -0.05) is 13.8 Å². The van der Waals surface area contributed by atoms with Crippen LogP contribution in [0, 0.1) is 0 Å². The maximum absolute atomic E-state index is 12.9. The summed E-state index contributed by atoms with van der Waals surface area (Å²) in [6, 6.07) is 5.20. The molecule has 0 fully saturated rings. The molecule has 0 radical (unpaired) electrons. The van der Waals surface area contributed by atoms with Crippen LogP contribution >= 0.6 is 0 Å². The number of carbonyl (C=O) groups excluding carboxylic acids is 1. The predicted octanol–water partition coefficient (Wildman–Crippen LogP) is 2.79. The van der Waals surface area contributed by atoms with E-state index in [2.05, 4.69) is 0 Å². The molecule has 0 N–H and O–H groups in total. The van der Waals surface area contributed by atoms with Gasteiger partial charge in [-0.15, -0.1) is 0 Å². The molecule has 0 aromatic heterocycles. The Bertz CT molecular complexity index is 679. The third-order valence-corrected chi connectivity index (χ3v) is 6.08. The third kappa shape index (κ3) is 3.43. The molecule has 1 aliphatic rings. The Hall–Kier alpha value is -1.40. The second-order valence-corrected chi connectivity index (χ2v) is 8.07. The molecule has 1 aromatic carbocycles. The number of sulfonamides is 1. The summed E-state index contributed by atoms with van der Waals surface area (Å²) in [6.45, 7) is 8.55. The highest BCUT2D eigenvalue weighted by Crippen LogP contribution is 2.34. The molecule has 0 saturated carbocycles. The van der Waals surface area contributed by atoms with Crippen LogP contribution in [0.15, 0.2) is 23.1 Å². The predicted molar refractivity (Wildman–Crippen MR) is 92.1 cm³/mol. The van der Waals surface area contributed by atoms with E-state index in [1.54, 1.807) is 34.3 Å². The first-order chi connectivity index (χ1) is 10.8. The number of amides is 1. The van der Waals surface area contributed by atoms with Gasteiger partial charge >= 0.3 is 0 Å². The molecule has 1 amide bonds. The zero-order chi connectivity index (χ0) is 17.2. The Labute approximate surface area is 139 Å². The van der Waals surface area contributed by atoms with E-state index < -0.39 is 10.0 Å². The minimum absolute atomic E-state index is 0.00884. The first kappa shape index (κ1) is 17.9. The number of carbonyl (C=O) groups is 1. The Morgan fingerprint density at radius 3 is 2.39 bits per heavy atom. The zero-order valence-electron chi connectivity index (χ0n) is 14.4. The highest BCUT2D eigenvalue weighted by atomic mass is 32.2. The average Bonchev–Trinajstić information content (AvgIpc) is 2.81. The molecule has 0 saturated heterocycles. The lowest BCUT2D eigenvalue weighted by Gasteiger charge is -2.22. The van der Waals surface area contributed by atoms with E-state index in [1.165, 1.54) is 0 Å². The van der Waals surface area contributed by atoms with Crippen molar-refractivity contribution in [3.05, 3.63) is 23.8 Å². The van der Waals surface area contributed by atoms with E-state index >= 15 is 0 Å². The van der Waals surface area contributed by atoms with Gasteiger partial charge in [0.2, 0.25) is 15.9 Å². The van der Waals surface area contributed by atoms with Crippen LogP contribution in [0.25, 0.3) is 0 Å². The quantitative estimate of drug-likeness (QED) is 0.801. The summed E-state index contributed by atoms with van der Waals surface area (Å²) in [5.74, 6) is -0.00884. The molecule has 23 heavy (non-hydrogen) atoms. The normalized spacial score (nSPS) is 17.6. The fourth-order valence-electron chi connectivity index (χ4n) is 3.25. The molecular formula is C17H26N2O3S. The van der Waals surface area contributed by atoms with Crippen molar-refractivity contribution in [2.45, 2.75) is 57.9 Å². The Balaban J connectivity index is 2.39. The number of anilines is 1. The van der Waals surface area contributed by atoms with Crippen molar-refractivity contribution >= 4 is 21.6 Å². The van der Waals surface area contributed by atoms with Crippen molar-refractivity contribution in [1.29, 1.82) is 0 Å². The van der Waals surface area contributed by atoms with Crippen LogP contribution in [-0.4, -0.2) is 37.8 Å². The van der Waals surface area contributed by atoms with Gasteiger partial charge in [-0.3, -0.25) is 4.79 Å². The molecule has 2 rings (SSSR count). The summed E-state index contributed by atoms with van der Waals surface area (Å²) < 4.78 is 27.3. The van der Waals surface area contributed by atoms with Gasteiger partial charge < -0.3 is 4.90 Å². The van der Waals surface area contributed by atoms with Crippen LogP contribution in [0.3, 0.4) is 0 Å². The molecule has 5 nitrogen and oxygen atoms in total. The molecule has 1 atom stereocenters. The lowest BCUT2D eigenvalue weighted by molar-refractivity contribution is -0.116. The summed E-state index contributed by atoms with van der Waals surface area (Å²) in [7, 11) is -3.47. The number of benzene rings is 1. The van der Waals surface area contributed by atoms with Gasteiger partial charge in [0.25, 0.3) is 0 Å². The molecule has 0 aliphatic carbocycles. The molecule has 1 aromatic rings. The summed E-state index contributed by atoms with van der Waals surface area (Å²) in [4.78, 5) is 13.8. The largest absolute Gasteiger partial charge is 0.309 e. The molecular weight excluding hydrogens is 312 g/mol. The highest BCUT2D eigenvalue weighted by Gasteiger charge is 2.31. The number of hydrogen-bond donors (Lipinski definition) is 0. The zero-order valence-corrected chi connectivity index (χ0v) is 15.2. The lowest BCUT2D eigenvalue weighted by atomic mass is 10.1. The van der Waals surface area contributed by atoms with Crippen LogP contribution in [0.5, 0.6) is 0 Å². The highest BCUT2D eigenvalue weighted by molar-refractivity contribution is 7.89. The van der Waals surface area contributed by atoms with E-state index in [-0.39, 0.29) is 11.9 Å². The molecule has 6 heteroatoms. The van der Waals surface area contributed by atoms with E-state index in [1.807, 2.05) is 20.8 Å². The molecule has 1 unspecified atom stereocenters. The van der Waals surface area contributed by atoms with Crippen molar-refractivity contribution in [2.75, 3.05) is 18.0 Å². The van der Waals surface area contributed by atoms with E-state index in [0.29, 0.717) is 24.4 Å². The SMILES string of the molecule is CCCN(CCC)S(=O)(=O)c1ccc2c(c1)CC(C)N2C(C)=O. The second kappa shape index (κ2) is 7.01. The van der Waals surface area contributed by atoms with Crippen LogP contribution in [0.2, 0.25) is 0 Å². The Morgan fingerprint density at radius 2 is 1.87 bits per heavy atom. The van der Waals surface area contributed by atoms with Crippen LogP contribution < -0.4 is 4.90 Å². The van der Waals surface area contributed by atoms with Gasteiger partial charge in [-0.05, 0) is 49.9 Å². The first-order valence-corrected chi connectivity index (χ1v) is 9.69. The number of hydrogen-bond acceptors (Lipinski definition) is 3. The summed E-state index contributed by atoms with van der Waals surface area (Å²) >= 11 is 0. The van der Waals surface area contributed by atoms with Crippen LogP contribution in [-0.2, 0) is 21.2 Å². The number of rotatable bonds is 6. The van der Waals surface area contributed by atoms with Crippen LogP contribution in [0.1, 0.15) is 46.1 Å². The Morgan fingerprint density at radius 1 is 1.26 bits per heavy atom. The second-order valence-electron chi connectivity index (χ2n) is 6.14. The van der Waals surface area contributed by atoms with Gasteiger partial charge in [0.1, 0.15) is 0 Å². The van der Waals surface area contributed by atoms with Crippen molar-refractivity contribution in [2.24, 2.45) is 0 Å². The fraction of sp³-hybridized carbons (Fsp3) is 0.588.